The number of rotatable bonds is 2. The quantitative estimate of drug-likeness (QED) is 0.855. The maximum absolute atomic E-state index is 14.8. The molecule has 2 aromatic rings. The topological polar surface area (TPSA) is 55.4 Å². The largest absolute Gasteiger partial charge is 0.333 e. The summed E-state index contributed by atoms with van der Waals surface area (Å²) in [5, 5.41) is 11.3. The number of hydrogen-bond acceptors (Lipinski definition) is 4. The predicted molar refractivity (Wildman–Crippen MR) is 76.8 cm³/mol. The van der Waals surface area contributed by atoms with Crippen molar-refractivity contribution in [3.63, 3.8) is 0 Å². The molecule has 0 aromatic carbocycles. The molecule has 4 rings (SSSR count). The number of aromatic nitrogens is 4. The molecule has 110 valence electrons. The molecule has 0 amide bonds. The lowest BCUT2D eigenvalue weighted by molar-refractivity contribution is 0.0287. The van der Waals surface area contributed by atoms with Crippen LogP contribution >= 0.6 is 0 Å². The Bertz CT molecular complexity index is 846. The first kappa shape index (κ1) is 13.0. The Morgan fingerprint density at radius 3 is 3.00 bits per heavy atom. The van der Waals surface area contributed by atoms with Gasteiger partial charge >= 0.3 is 5.92 Å². The minimum Gasteiger partial charge on any atom is -0.285 e. The number of nitrogens with zero attached hydrogens (tertiary/aromatic N) is 5. The van der Waals surface area contributed by atoms with Crippen LogP contribution in [0.15, 0.2) is 59.3 Å². The van der Waals surface area contributed by atoms with Crippen molar-refractivity contribution in [2.75, 3.05) is 0 Å². The first-order valence-electron chi connectivity index (χ1n) is 6.81. The lowest BCUT2D eigenvalue weighted by atomic mass is 9.88. The lowest BCUT2D eigenvalue weighted by Crippen LogP contribution is -2.26. The summed E-state index contributed by atoms with van der Waals surface area (Å²) in [6.07, 6.45) is 11.3. The zero-order valence-electron chi connectivity index (χ0n) is 11.3. The summed E-state index contributed by atoms with van der Waals surface area (Å²) in [7, 11) is 0. The van der Waals surface area contributed by atoms with Crippen LogP contribution in [0.4, 0.5) is 8.78 Å². The Labute approximate surface area is 124 Å². The number of fused-ring (bicyclic) bond motifs is 2. The van der Waals surface area contributed by atoms with Crippen molar-refractivity contribution < 1.29 is 8.78 Å². The Hall–Kier alpha value is -2.70. The van der Waals surface area contributed by atoms with Crippen molar-refractivity contribution >= 4 is 11.9 Å². The Morgan fingerprint density at radius 2 is 2.09 bits per heavy atom. The van der Waals surface area contributed by atoms with Crippen LogP contribution in [0.1, 0.15) is 5.82 Å². The van der Waals surface area contributed by atoms with Crippen LogP contribution in [0.2, 0.25) is 0 Å². The number of hydrogen-bond donors (Lipinski definition) is 0. The van der Waals surface area contributed by atoms with E-state index in [0.29, 0.717) is 0 Å². The van der Waals surface area contributed by atoms with E-state index in [1.807, 2.05) is 6.08 Å². The van der Waals surface area contributed by atoms with Gasteiger partial charge in [0.05, 0.1) is 6.04 Å². The summed E-state index contributed by atoms with van der Waals surface area (Å²) in [6.45, 7) is 0. The first-order chi connectivity index (χ1) is 10.7. The van der Waals surface area contributed by atoms with Crippen LogP contribution in [0.5, 0.6) is 0 Å². The Balaban J connectivity index is 1.78. The second-order valence-corrected chi connectivity index (χ2v) is 5.12. The molecule has 0 radical (unpaired) electrons. The van der Waals surface area contributed by atoms with Gasteiger partial charge in [0.25, 0.3) is 0 Å². The van der Waals surface area contributed by atoms with Gasteiger partial charge in [-0.3, -0.25) is 4.99 Å². The molecule has 2 aliphatic rings. The fourth-order valence-corrected chi connectivity index (χ4v) is 2.62. The molecule has 3 heterocycles. The molecule has 1 unspecified atom stereocenters. The van der Waals surface area contributed by atoms with Crippen LogP contribution in [-0.2, 0) is 5.92 Å². The summed E-state index contributed by atoms with van der Waals surface area (Å²) >= 11 is 0. The van der Waals surface area contributed by atoms with Gasteiger partial charge < -0.3 is 0 Å². The Morgan fingerprint density at radius 1 is 1.18 bits per heavy atom. The molecule has 0 saturated carbocycles. The average Bonchev–Trinajstić information content (AvgIpc) is 2.99. The van der Waals surface area contributed by atoms with E-state index in [4.69, 9.17) is 0 Å². The van der Waals surface area contributed by atoms with E-state index in [0.717, 1.165) is 4.52 Å². The van der Waals surface area contributed by atoms with E-state index in [1.54, 1.807) is 30.5 Å². The first-order valence-corrected chi connectivity index (χ1v) is 6.81. The zero-order chi connectivity index (χ0) is 15.2. The van der Waals surface area contributed by atoms with Gasteiger partial charge in [0.1, 0.15) is 0 Å². The summed E-state index contributed by atoms with van der Waals surface area (Å²) in [5.74, 6) is -3.92. The molecule has 1 aliphatic carbocycles. The van der Waals surface area contributed by atoms with E-state index >= 15 is 0 Å². The second kappa shape index (κ2) is 4.66. The minimum absolute atomic E-state index is 0.113. The highest BCUT2D eigenvalue weighted by molar-refractivity contribution is 5.73. The van der Waals surface area contributed by atoms with Crippen molar-refractivity contribution in [3.05, 3.63) is 60.1 Å². The van der Waals surface area contributed by atoms with E-state index < -0.39 is 11.7 Å². The Kier molecular flexibility index (Phi) is 2.75. The van der Waals surface area contributed by atoms with Gasteiger partial charge in [0.2, 0.25) is 5.82 Å². The van der Waals surface area contributed by atoms with Crippen molar-refractivity contribution in [2.45, 2.75) is 12.0 Å². The van der Waals surface area contributed by atoms with Crippen LogP contribution in [0, 0.1) is 5.92 Å². The van der Waals surface area contributed by atoms with Crippen molar-refractivity contribution in [3.8, 4) is 0 Å². The molecule has 1 aliphatic heterocycles. The average molecular weight is 299 g/mol. The van der Waals surface area contributed by atoms with E-state index in [2.05, 4.69) is 20.3 Å². The molecule has 0 N–H and O–H groups in total. The molecular formula is C15H11F2N5. The number of alkyl halides is 2. The summed E-state index contributed by atoms with van der Waals surface area (Å²) in [4.78, 5) is 4.25. The standard InChI is InChI=1S/C15H11F2N5/c16-15(17,14-21-20-13-4-2-8-19-22(13)14)11-5-6-12-10(9-11)3-1-7-18-12/h1-10,12H/t10-,12?/m0/s1. The molecule has 2 atom stereocenters. The fourth-order valence-electron chi connectivity index (χ4n) is 2.62. The maximum Gasteiger partial charge on any atom is 0.333 e. The van der Waals surface area contributed by atoms with Crippen LogP contribution in [-0.4, -0.2) is 32.1 Å². The van der Waals surface area contributed by atoms with Gasteiger partial charge in [-0.1, -0.05) is 24.3 Å². The molecule has 7 heteroatoms. The summed E-state index contributed by atoms with van der Waals surface area (Å²) < 4.78 is 30.7. The highest BCUT2D eigenvalue weighted by atomic mass is 19.3. The number of dihydropyridines is 1. The van der Waals surface area contributed by atoms with Crippen molar-refractivity contribution in [1.29, 1.82) is 0 Å². The van der Waals surface area contributed by atoms with Gasteiger partial charge in [0.15, 0.2) is 5.65 Å². The molecule has 2 aromatic heterocycles. The summed E-state index contributed by atoms with van der Waals surface area (Å²) in [5.41, 5.74) is 0.174. The molecule has 22 heavy (non-hydrogen) atoms. The van der Waals surface area contributed by atoms with Crippen molar-refractivity contribution in [1.82, 2.24) is 19.8 Å². The van der Waals surface area contributed by atoms with Crippen LogP contribution < -0.4 is 0 Å². The molecule has 0 spiro atoms. The normalized spacial score (nSPS) is 23.6. The number of aliphatic imine (C=N–C) groups is 1. The van der Waals surface area contributed by atoms with Gasteiger partial charge in [-0.05, 0) is 18.2 Å². The van der Waals surface area contributed by atoms with Gasteiger partial charge in [-0.15, -0.1) is 10.2 Å². The predicted octanol–water partition coefficient (Wildman–Crippen LogP) is 2.34. The van der Waals surface area contributed by atoms with Gasteiger partial charge in [-0.2, -0.15) is 18.4 Å². The van der Waals surface area contributed by atoms with Gasteiger partial charge in [0, 0.05) is 23.9 Å². The number of halogens is 2. The third kappa shape index (κ3) is 1.89. The molecule has 0 fully saturated rings. The van der Waals surface area contributed by atoms with Crippen molar-refractivity contribution in [2.24, 2.45) is 10.9 Å². The highest BCUT2D eigenvalue weighted by Gasteiger charge is 2.42. The van der Waals surface area contributed by atoms with Gasteiger partial charge in [-0.25, -0.2) is 0 Å². The third-order valence-corrected chi connectivity index (χ3v) is 3.74. The van der Waals surface area contributed by atoms with Crippen LogP contribution in [0.3, 0.4) is 0 Å². The highest BCUT2D eigenvalue weighted by Crippen LogP contribution is 2.39. The zero-order valence-corrected chi connectivity index (χ0v) is 11.3. The third-order valence-electron chi connectivity index (χ3n) is 3.74. The lowest BCUT2D eigenvalue weighted by Gasteiger charge is -2.25. The maximum atomic E-state index is 14.8. The summed E-state index contributed by atoms with van der Waals surface area (Å²) in [6, 6.07) is 3.10. The second-order valence-electron chi connectivity index (χ2n) is 5.12. The smallest absolute Gasteiger partial charge is 0.285 e. The SMILES string of the molecule is FC(F)(C1=C[C@@H]2C=CC=NC2C=C1)c1nnc2cccnn12. The van der Waals surface area contributed by atoms with E-state index in [-0.39, 0.29) is 23.2 Å². The number of allylic oxidation sites excluding steroid dienone is 3. The monoisotopic (exact) mass is 299 g/mol. The molecule has 0 bridgehead atoms. The molecule has 0 saturated heterocycles. The molecule has 5 nitrogen and oxygen atoms in total. The minimum atomic E-state index is -3.27. The fraction of sp³-hybridized carbons (Fsp3) is 0.200. The van der Waals surface area contributed by atoms with E-state index in [1.165, 1.54) is 18.3 Å². The van der Waals surface area contributed by atoms with E-state index in [9.17, 15) is 8.78 Å². The van der Waals surface area contributed by atoms with Crippen LogP contribution in [0.25, 0.3) is 5.65 Å². The molecular weight excluding hydrogens is 288 g/mol.